The molecule has 5 rings (SSSR count). The van der Waals surface area contributed by atoms with Gasteiger partial charge in [-0.05, 0) is 68.2 Å². The van der Waals surface area contributed by atoms with Gasteiger partial charge in [0.2, 0.25) is 10.0 Å². The molecular formula is C22H30N4O3S. The van der Waals surface area contributed by atoms with Crippen molar-refractivity contribution in [1.82, 2.24) is 19.1 Å². The predicted molar refractivity (Wildman–Crippen MR) is 113 cm³/mol. The second kappa shape index (κ2) is 7.34. The number of methoxy groups -OCH3 is 1. The van der Waals surface area contributed by atoms with Gasteiger partial charge in [0.1, 0.15) is 17.4 Å². The minimum atomic E-state index is -3.48. The third-order valence-electron chi connectivity index (χ3n) is 7.36. The van der Waals surface area contributed by atoms with E-state index in [1.54, 1.807) is 29.6 Å². The van der Waals surface area contributed by atoms with E-state index >= 15 is 0 Å². The molecule has 1 aromatic heterocycles. The van der Waals surface area contributed by atoms with Crippen molar-refractivity contribution < 1.29 is 13.2 Å². The maximum absolute atomic E-state index is 13.2. The summed E-state index contributed by atoms with van der Waals surface area (Å²) in [4.78, 5) is 0.354. The zero-order valence-corrected chi connectivity index (χ0v) is 18.6. The molecule has 0 bridgehead atoms. The number of ether oxygens (including phenoxy) is 1. The SMILES string of the molecule is COc1ccc(S(=O)(=O)N2CCC3(CC2)C[C@H]3c2nnc3n2CCCCC3)cc1C. The summed E-state index contributed by atoms with van der Waals surface area (Å²) < 4.78 is 35.6. The predicted octanol–water partition coefficient (Wildman–Crippen LogP) is 3.28. The van der Waals surface area contributed by atoms with E-state index in [0.717, 1.165) is 49.4 Å². The molecule has 7 nitrogen and oxygen atoms in total. The normalized spacial score (nSPS) is 23.7. The van der Waals surface area contributed by atoms with Crippen LogP contribution in [0.3, 0.4) is 0 Å². The Morgan fingerprint density at radius 1 is 1.10 bits per heavy atom. The van der Waals surface area contributed by atoms with E-state index in [1.807, 2.05) is 6.92 Å². The average Bonchev–Trinajstić information content (AvgIpc) is 3.37. The van der Waals surface area contributed by atoms with Gasteiger partial charge >= 0.3 is 0 Å². The van der Waals surface area contributed by atoms with Gasteiger partial charge in [0.05, 0.1) is 12.0 Å². The van der Waals surface area contributed by atoms with Crippen molar-refractivity contribution in [3.05, 3.63) is 35.4 Å². The summed E-state index contributed by atoms with van der Waals surface area (Å²) in [5, 5.41) is 9.03. The van der Waals surface area contributed by atoms with Crippen LogP contribution < -0.4 is 4.74 Å². The number of hydrogen-bond donors (Lipinski definition) is 0. The number of piperidine rings is 1. The summed E-state index contributed by atoms with van der Waals surface area (Å²) >= 11 is 0. The van der Waals surface area contributed by atoms with Gasteiger partial charge in [-0.3, -0.25) is 0 Å². The molecule has 1 atom stereocenters. The van der Waals surface area contributed by atoms with Crippen LogP contribution in [-0.4, -0.2) is 47.7 Å². The number of benzene rings is 1. The first-order valence-electron chi connectivity index (χ1n) is 11.0. The molecule has 2 fully saturated rings. The molecule has 0 unspecified atom stereocenters. The molecule has 30 heavy (non-hydrogen) atoms. The Kier molecular flexibility index (Phi) is 4.89. The van der Waals surface area contributed by atoms with Crippen LogP contribution in [0.5, 0.6) is 5.75 Å². The fourth-order valence-corrected chi connectivity index (χ4v) is 6.89. The van der Waals surface area contributed by atoms with E-state index in [9.17, 15) is 8.42 Å². The summed E-state index contributed by atoms with van der Waals surface area (Å²) in [7, 11) is -1.88. The van der Waals surface area contributed by atoms with Crippen LogP contribution in [0.1, 0.15) is 61.7 Å². The Bertz CT molecular complexity index is 1050. The maximum atomic E-state index is 13.2. The third kappa shape index (κ3) is 3.24. The highest BCUT2D eigenvalue weighted by molar-refractivity contribution is 7.89. The summed E-state index contributed by atoms with van der Waals surface area (Å²) in [6, 6.07) is 5.10. The molecule has 0 N–H and O–H groups in total. The van der Waals surface area contributed by atoms with Crippen molar-refractivity contribution in [2.24, 2.45) is 5.41 Å². The largest absolute Gasteiger partial charge is 0.496 e. The molecule has 2 aromatic rings. The fraction of sp³-hybridized carbons (Fsp3) is 0.636. The zero-order valence-electron chi connectivity index (χ0n) is 17.8. The van der Waals surface area contributed by atoms with Crippen molar-refractivity contribution in [3.63, 3.8) is 0 Å². The lowest BCUT2D eigenvalue weighted by Crippen LogP contribution is -2.39. The van der Waals surface area contributed by atoms with E-state index in [0.29, 0.717) is 29.7 Å². The fourth-order valence-electron chi connectivity index (χ4n) is 5.36. The minimum Gasteiger partial charge on any atom is -0.496 e. The third-order valence-corrected chi connectivity index (χ3v) is 9.26. The number of aromatic nitrogens is 3. The number of rotatable bonds is 4. The van der Waals surface area contributed by atoms with Crippen molar-refractivity contribution in [2.45, 2.75) is 69.2 Å². The van der Waals surface area contributed by atoms with Gasteiger partial charge in [-0.2, -0.15) is 4.31 Å². The summed E-state index contributed by atoms with van der Waals surface area (Å²) in [5.41, 5.74) is 1.04. The van der Waals surface area contributed by atoms with Gasteiger partial charge in [-0.1, -0.05) is 6.42 Å². The van der Waals surface area contributed by atoms with Crippen molar-refractivity contribution >= 4 is 10.0 Å². The first-order valence-corrected chi connectivity index (χ1v) is 12.5. The zero-order chi connectivity index (χ0) is 20.9. The lowest BCUT2D eigenvalue weighted by Gasteiger charge is -2.32. The van der Waals surface area contributed by atoms with Crippen LogP contribution >= 0.6 is 0 Å². The molecule has 1 spiro atoms. The molecule has 3 aliphatic rings. The highest BCUT2D eigenvalue weighted by atomic mass is 32.2. The lowest BCUT2D eigenvalue weighted by atomic mass is 9.91. The molecule has 162 valence electrons. The number of sulfonamides is 1. The molecule has 1 saturated carbocycles. The first kappa shape index (κ1) is 20.0. The first-order chi connectivity index (χ1) is 14.4. The van der Waals surface area contributed by atoms with E-state index in [4.69, 9.17) is 4.74 Å². The van der Waals surface area contributed by atoms with Crippen LogP contribution in [0.2, 0.25) is 0 Å². The standard InChI is InChI=1S/C22H30N4O3S/c1-16-14-17(7-8-19(16)29-2)30(27,28)25-12-9-22(10-13-25)15-18(22)21-24-23-20-6-4-3-5-11-26(20)21/h7-8,14,18H,3-6,9-13,15H2,1-2H3/t18-/m0/s1. The van der Waals surface area contributed by atoms with E-state index < -0.39 is 10.0 Å². The van der Waals surface area contributed by atoms with Gasteiger partial charge in [-0.15, -0.1) is 10.2 Å². The monoisotopic (exact) mass is 430 g/mol. The lowest BCUT2D eigenvalue weighted by molar-refractivity contribution is 0.249. The molecule has 8 heteroatoms. The molecule has 0 radical (unpaired) electrons. The quantitative estimate of drug-likeness (QED) is 0.744. The van der Waals surface area contributed by atoms with Gasteiger partial charge in [0.15, 0.2) is 0 Å². The van der Waals surface area contributed by atoms with E-state index in [2.05, 4.69) is 14.8 Å². The van der Waals surface area contributed by atoms with E-state index in [1.165, 1.54) is 19.3 Å². The van der Waals surface area contributed by atoms with Crippen LogP contribution in [0.4, 0.5) is 0 Å². The second-order valence-electron chi connectivity index (χ2n) is 9.09. The summed E-state index contributed by atoms with van der Waals surface area (Å²) in [5.74, 6) is 3.43. The van der Waals surface area contributed by atoms with Crippen molar-refractivity contribution in [2.75, 3.05) is 20.2 Å². The smallest absolute Gasteiger partial charge is 0.243 e. The average molecular weight is 431 g/mol. The Morgan fingerprint density at radius 3 is 2.63 bits per heavy atom. The van der Waals surface area contributed by atoms with Crippen LogP contribution in [0.25, 0.3) is 0 Å². The Morgan fingerprint density at radius 2 is 1.90 bits per heavy atom. The molecule has 2 aliphatic heterocycles. The summed E-state index contributed by atoms with van der Waals surface area (Å²) in [6.07, 6.45) is 7.59. The molecule has 1 aliphatic carbocycles. The van der Waals surface area contributed by atoms with Gasteiger partial charge in [-0.25, -0.2) is 8.42 Å². The van der Waals surface area contributed by atoms with E-state index in [-0.39, 0.29) is 5.41 Å². The number of aryl methyl sites for hydroxylation is 2. The minimum absolute atomic E-state index is 0.206. The Balaban J connectivity index is 1.29. The van der Waals surface area contributed by atoms with Gasteiger partial charge in [0, 0.05) is 32.0 Å². The van der Waals surface area contributed by atoms with Crippen LogP contribution in [0, 0.1) is 12.3 Å². The molecular weight excluding hydrogens is 400 g/mol. The molecule has 1 aromatic carbocycles. The Hall–Kier alpha value is -1.93. The number of fused-ring (bicyclic) bond motifs is 1. The van der Waals surface area contributed by atoms with Gasteiger partial charge < -0.3 is 9.30 Å². The van der Waals surface area contributed by atoms with Crippen molar-refractivity contribution in [3.8, 4) is 5.75 Å². The molecule has 3 heterocycles. The summed E-state index contributed by atoms with van der Waals surface area (Å²) in [6.45, 7) is 4.05. The molecule has 0 amide bonds. The van der Waals surface area contributed by atoms with Gasteiger partial charge in [0.25, 0.3) is 0 Å². The van der Waals surface area contributed by atoms with Crippen LogP contribution in [0.15, 0.2) is 23.1 Å². The Labute approximate surface area is 178 Å². The number of hydrogen-bond acceptors (Lipinski definition) is 5. The highest BCUT2D eigenvalue weighted by Crippen LogP contribution is 2.64. The molecule has 1 saturated heterocycles. The topological polar surface area (TPSA) is 77.3 Å². The second-order valence-corrected chi connectivity index (χ2v) is 11.0. The number of nitrogens with zero attached hydrogens (tertiary/aromatic N) is 4. The van der Waals surface area contributed by atoms with Crippen molar-refractivity contribution in [1.29, 1.82) is 0 Å². The van der Waals surface area contributed by atoms with Crippen LogP contribution in [-0.2, 0) is 23.0 Å². The maximum Gasteiger partial charge on any atom is 0.243 e. The highest BCUT2D eigenvalue weighted by Gasteiger charge is 2.58.